The van der Waals surface area contributed by atoms with Gasteiger partial charge in [0.25, 0.3) is 0 Å². The van der Waals surface area contributed by atoms with E-state index in [1.165, 1.54) is 6.07 Å². The number of pyridine rings is 1. The molecule has 0 amide bonds. The van der Waals surface area contributed by atoms with E-state index < -0.39 is 5.97 Å². The Morgan fingerprint density at radius 3 is 2.57 bits per heavy atom. The van der Waals surface area contributed by atoms with Crippen LogP contribution in [0.2, 0.25) is 0 Å². The van der Waals surface area contributed by atoms with Gasteiger partial charge < -0.3 is 14.3 Å². The van der Waals surface area contributed by atoms with Crippen molar-refractivity contribution in [3.63, 3.8) is 0 Å². The first-order chi connectivity index (χ1) is 13.5. The lowest BCUT2D eigenvalue weighted by Gasteiger charge is -2.10. The summed E-state index contributed by atoms with van der Waals surface area (Å²) < 4.78 is 6.93. The van der Waals surface area contributed by atoms with E-state index in [4.69, 9.17) is 4.42 Å². The number of furan rings is 1. The Hall–Kier alpha value is -2.92. The van der Waals surface area contributed by atoms with Crippen molar-refractivity contribution in [2.75, 3.05) is 0 Å². The summed E-state index contributed by atoms with van der Waals surface area (Å²) in [5.41, 5.74) is 4.29. The lowest BCUT2D eigenvalue weighted by Crippen LogP contribution is -2.22. The second kappa shape index (κ2) is 7.24. The number of carbonyl (C=O) groups is 1. The van der Waals surface area contributed by atoms with E-state index in [9.17, 15) is 9.90 Å². The smallest absolute Gasteiger partial charge is 0.153 e. The first-order valence-corrected chi connectivity index (χ1v) is 9.77. The number of nitrogens with zero attached hydrogens (tertiary/aromatic N) is 1. The van der Waals surface area contributed by atoms with Crippen molar-refractivity contribution < 1.29 is 14.3 Å². The maximum absolute atomic E-state index is 11.7. The van der Waals surface area contributed by atoms with Crippen molar-refractivity contribution in [1.82, 2.24) is 4.98 Å². The van der Waals surface area contributed by atoms with Crippen molar-refractivity contribution in [1.29, 1.82) is 0 Å². The molecule has 140 valence electrons. The summed E-state index contributed by atoms with van der Waals surface area (Å²) in [6, 6.07) is 16.8. The SMILES string of the molecule is CCc1ccc2nc(-c3ccc(-c4ccc(C)cc4Br)o3)cc(C(=O)[O-])c2c1. The van der Waals surface area contributed by atoms with Gasteiger partial charge in [-0.1, -0.05) is 35.0 Å². The molecule has 0 spiro atoms. The Morgan fingerprint density at radius 2 is 1.86 bits per heavy atom. The predicted molar refractivity (Wildman–Crippen MR) is 111 cm³/mol. The van der Waals surface area contributed by atoms with Crippen molar-refractivity contribution >= 4 is 32.8 Å². The molecule has 0 aliphatic heterocycles. The average molecular weight is 435 g/mol. The fourth-order valence-corrected chi connectivity index (χ4v) is 3.92. The van der Waals surface area contributed by atoms with Gasteiger partial charge >= 0.3 is 0 Å². The minimum absolute atomic E-state index is 0.116. The lowest BCUT2D eigenvalue weighted by molar-refractivity contribution is -0.254. The summed E-state index contributed by atoms with van der Waals surface area (Å²) in [6.07, 6.45) is 0.817. The highest BCUT2D eigenvalue weighted by atomic mass is 79.9. The Balaban J connectivity index is 1.83. The van der Waals surface area contributed by atoms with Crippen LogP contribution in [0.1, 0.15) is 28.4 Å². The van der Waals surface area contributed by atoms with Gasteiger partial charge in [-0.05, 0) is 66.9 Å². The summed E-state index contributed by atoms with van der Waals surface area (Å²) >= 11 is 3.56. The van der Waals surface area contributed by atoms with E-state index in [2.05, 4.69) is 20.9 Å². The van der Waals surface area contributed by atoms with Crippen molar-refractivity contribution in [2.45, 2.75) is 20.3 Å². The van der Waals surface area contributed by atoms with Crippen LogP contribution in [-0.4, -0.2) is 11.0 Å². The fourth-order valence-electron chi connectivity index (χ4n) is 3.23. The van der Waals surface area contributed by atoms with Gasteiger partial charge in [0.2, 0.25) is 0 Å². The summed E-state index contributed by atoms with van der Waals surface area (Å²) in [4.78, 5) is 16.3. The first-order valence-electron chi connectivity index (χ1n) is 8.98. The second-order valence-corrected chi connectivity index (χ2v) is 7.55. The molecule has 28 heavy (non-hydrogen) atoms. The third-order valence-electron chi connectivity index (χ3n) is 4.75. The molecular formula is C23H17BrNO3-. The van der Waals surface area contributed by atoms with Crippen LogP contribution in [0.25, 0.3) is 33.7 Å². The maximum Gasteiger partial charge on any atom is 0.153 e. The van der Waals surface area contributed by atoms with Gasteiger partial charge in [0, 0.05) is 21.0 Å². The Bertz CT molecular complexity index is 1210. The molecule has 2 aromatic heterocycles. The molecule has 0 bridgehead atoms. The number of hydrogen-bond acceptors (Lipinski definition) is 4. The molecular weight excluding hydrogens is 418 g/mol. The molecule has 2 aromatic carbocycles. The molecule has 0 atom stereocenters. The lowest BCUT2D eigenvalue weighted by atomic mass is 10.0. The van der Waals surface area contributed by atoms with Gasteiger partial charge in [-0.2, -0.15) is 0 Å². The van der Waals surface area contributed by atoms with Crippen LogP contribution in [0, 0.1) is 6.92 Å². The highest BCUT2D eigenvalue weighted by Gasteiger charge is 2.14. The third kappa shape index (κ3) is 3.34. The average Bonchev–Trinajstić information content (AvgIpc) is 3.16. The highest BCUT2D eigenvalue weighted by molar-refractivity contribution is 9.10. The molecule has 2 heterocycles. The van der Waals surface area contributed by atoms with Crippen LogP contribution < -0.4 is 5.11 Å². The van der Waals surface area contributed by atoms with Crippen molar-refractivity contribution in [3.05, 3.63) is 75.8 Å². The normalized spacial score (nSPS) is 11.1. The van der Waals surface area contributed by atoms with E-state index in [1.54, 1.807) is 6.07 Å². The molecule has 4 rings (SSSR count). The number of carboxylic acid groups (broad SMARTS) is 1. The number of rotatable bonds is 4. The number of hydrogen-bond donors (Lipinski definition) is 0. The molecule has 0 saturated carbocycles. The summed E-state index contributed by atoms with van der Waals surface area (Å²) in [5, 5.41) is 12.3. The molecule has 0 aliphatic rings. The number of aromatic carboxylic acids is 1. The van der Waals surface area contributed by atoms with Crippen LogP contribution in [0.4, 0.5) is 0 Å². The van der Waals surface area contributed by atoms with Gasteiger partial charge in [-0.3, -0.25) is 0 Å². The predicted octanol–water partition coefficient (Wildman–Crippen LogP) is 5.16. The number of halogens is 1. The summed E-state index contributed by atoms with van der Waals surface area (Å²) in [6.45, 7) is 4.04. The number of carboxylic acids is 1. The van der Waals surface area contributed by atoms with Crippen LogP contribution >= 0.6 is 15.9 Å². The van der Waals surface area contributed by atoms with Gasteiger partial charge in [0.15, 0.2) is 5.76 Å². The minimum atomic E-state index is -1.23. The first kappa shape index (κ1) is 18.4. The van der Waals surface area contributed by atoms with Crippen molar-refractivity contribution in [3.8, 4) is 22.8 Å². The summed E-state index contributed by atoms with van der Waals surface area (Å²) in [7, 11) is 0. The number of fused-ring (bicyclic) bond motifs is 1. The Morgan fingerprint density at radius 1 is 1.07 bits per heavy atom. The Labute approximate surface area is 171 Å². The zero-order chi connectivity index (χ0) is 19.8. The molecule has 0 N–H and O–H groups in total. The van der Waals surface area contributed by atoms with E-state index >= 15 is 0 Å². The van der Waals surface area contributed by atoms with Crippen LogP contribution in [-0.2, 0) is 6.42 Å². The monoisotopic (exact) mass is 434 g/mol. The van der Waals surface area contributed by atoms with Gasteiger partial charge in [-0.15, -0.1) is 0 Å². The maximum atomic E-state index is 11.7. The zero-order valence-electron chi connectivity index (χ0n) is 15.5. The molecule has 0 saturated heterocycles. The number of carbonyl (C=O) groups excluding carboxylic acids is 1. The Kier molecular flexibility index (Phi) is 4.77. The fraction of sp³-hybridized carbons (Fsp3) is 0.130. The van der Waals surface area contributed by atoms with Crippen LogP contribution in [0.15, 0.2) is 63.5 Å². The van der Waals surface area contributed by atoms with Gasteiger partial charge in [0.1, 0.15) is 11.5 Å². The van der Waals surface area contributed by atoms with Gasteiger partial charge in [0.05, 0.1) is 11.5 Å². The van der Waals surface area contributed by atoms with Gasteiger partial charge in [-0.25, -0.2) is 4.98 Å². The quantitative estimate of drug-likeness (QED) is 0.444. The highest BCUT2D eigenvalue weighted by Crippen LogP contribution is 2.34. The molecule has 0 aliphatic carbocycles. The number of aromatic nitrogens is 1. The van der Waals surface area contributed by atoms with E-state index in [0.29, 0.717) is 28.1 Å². The largest absolute Gasteiger partial charge is 0.545 e. The van der Waals surface area contributed by atoms with E-state index in [-0.39, 0.29) is 5.56 Å². The van der Waals surface area contributed by atoms with Crippen LogP contribution in [0.5, 0.6) is 0 Å². The molecule has 0 unspecified atom stereocenters. The number of benzene rings is 2. The molecule has 4 aromatic rings. The van der Waals surface area contributed by atoms with Crippen LogP contribution in [0.3, 0.4) is 0 Å². The third-order valence-corrected chi connectivity index (χ3v) is 5.41. The molecule has 0 radical (unpaired) electrons. The standard InChI is InChI=1S/C23H18BrNO3/c1-3-14-5-7-19-16(11-14)17(23(26)27)12-20(25-19)22-9-8-21(28-22)15-6-4-13(2)10-18(15)24/h4-12H,3H2,1-2H3,(H,26,27)/p-1. The topological polar surface area (TPSA) is 66.2 Å². The van der Waals surface area contributed by atoms with Crippen molar-refractivity contribution in [2.24, 2.45) is 0 Å². The molecule has 5 heteroatoms. The zero-order valence-corrected chi connectivity index (χ0v) is 17.0. The van der Waals surface area contributed by atoms with E-state index in [0.717, 1.165) is 27.6 Å². The second-order valence-electron chi connectivity index (χ2n) is 6.69. The van der Waals surface area contributed by atoms with E-state index in [1.807, 2.05) is 56.3 Å². The molecule has 0 fully saturated rings. The summed E-state index contributed by atoms with van der Waals surface area (Å²) in [5.74, 6) is -0.0403. The minimum Gasteiger partial charge on any atom is -0.545 e. The molecule has 4 nitrogen and oxygen atoms in total. The number of aryl methyl sites for hydroxylation is 2.